The van der Waals surface area contributed by atoms with Gasteiger partial charge in [0.2, 0.25) is 5.91 Å². The van der Waals surface area contributed by atoms with Crippen molar-refractivity contribution in [1.82, 2.24) is 0 Å². The Kier molecular flexibility index (Phi) is 5.84. The molecule has 0 N–H and O–H groups in total. The summed E-state index contributed by atoms with van der Waals surface area (Å²) < 4.78 is 24.3. The molecular weight excluding hydrogens is 408 g/mol. The summed E-state index contributed by atoms with van der Waals surface area (Å²) in [6.07, 6.45) is 6.21. The number of benzene rings is 1. The molecule has 1 aromatic carbocycles. The van der Waals surface area contributed by atoms with Gasteiger partial charge in [-0.2, -0.15) is 4.99 Å². The SMILES string of the molecule is CC(=O)c1cccc(N2C(=NC(=O)CCC3CCCC3)S[C@H]3CS(=O)(=O)C[C@@H]32)c1. The molecule has 2 heterocycles. The van der Waals surface area contributed by atoms with Crippen LogP contribution >= 0.6 is 11.8 Å². The van der Waals surface area contributed by atoms with Crippen molar-refractivity contribution < 1.29 is 18.0 Å². The van der Waals surface area contributed by atoms with Crippen LogP contribution in [0.4, 0.5) is 5.69 Å². The largest absolute Gasteiger partial charge is 0.316 e. The first-order valence-corrected chi connectivity index (χ1v) is 12.9. The van der Waals surface area contributed by atoms with Crippen LogP contribution in [0.3, 0.4) is 0 Å². The highest BCUT2D eigenvalue weighted by Crippen LogP contribution is 2.41. The molecule has 3 aliphatic rings. The predicted molar refractivity (Wildman–Crippen MR) is 116 cm³/mol. The number of amidine groups is 1. The second kappa shape index (κ2) is 8.22. The van der Waals surface area contributed by atoms with Crippen LogP contribution in [0.5, 0.6) is 0 Å². The van der Waals surface area contributed by atoms with Crippen molar-refractivity contribution in [1.29, 1.82) is 0 Å². The summed E-state index contributed by atoms with van der Waals surface area (Å²) in [6.45, 7) is 1.50. The molecule has 2 aliphatic heterocycles. The van der Waals surface area contributed by atoms with E-state index in [0.717, 1.165) is 12.1 Å². The molecule has 1 aromatic rings. The first-order chi connectivity index (χ1) is 13.8. The molecule has 156 valence electrons. The van der Waals surface area contributed by atoms with E-state index in [-0.39, 0.29) is 34.5 Å². The van der Waals surface area contributed by atoms with Crippen LogP contribution in [0, 0.1) is 5.92 Å². The summed E-state index contributed by atoms with van der Waals surface area (Å²) in [6, 6.07) is 6.87. The van der Waals surface area contributed by atoms with E-state index in [4.69, 9.17) is 0 Å². The lowest BCUT2D eigenvalue weighted by Crippen LogP contribution is -2.37. The van der Waals surface area contributed by atoms with E-state index < -0.39 is 9.84 Å². The molecule has 1 saturated carbocycles. The van der Waals surface area contributed by atoms with Crippen molar-refractivity contribution in [2.24, 2.45) is 10.9 Å². The Morgan fingerprint density at radius 2 is 1.97 bits per heavy atom. The smallest absolute Gasteiger partial charge is 0.248 e. The summed E-state index contributed by atoms with van der Waals surface area (Å²) in [5, 5.41) is 0.425. The molecule has 0 bridgehead atoms. The zero-order valence-corrected chi connectivity index (χ0v) is 18.2. The molecule has 3 fully saturated rings. The van der Waals surface area contributed by atoms with Crippen LogP contribution in [0.1, 0.15) is 55.8 Å². The first-order valence-electron chi connectivity index (χ1n) is 10.2. The third-order valence-electron chi connectivity index (χ3n) is 6.06. The molecule has 8 heteroatoms. The Labute approximate surface area is 176 Å². The second-order valence-electron chi connectivity index (χ2n) is 8.25. The van der Waals surface area contributed by atoms with Crippen LogP contribution < -0.4 is 4.90 Å². The van der Waals surface area contributed by atoms with Crippen LogP contribution in [-0.2, 0) is 14.6 Å². The van der Waals surface area contributed by atoms with E-state index in [1.807, 2.05) is 11.0 Å². The molecule has 0 radical (unpaired) electrons. The van der Waals surface area contributed by atoms with Crippen molar-refractivity contribution in [2.75, 3.05) is 16.4 Å². The number of rotatable bonds is 5. The average molecular weight is 435 g/mol. The quantitative estimate of drug-likeness (QED) is 0.660. The normalized spacial score (nSPS) is 27.5. The number of amides is 1. The lowest BCUT2D eigenvalue weighted by atomic mass is 10.0. The fourth-order valence-corrected chi connectivity index (χ4v) is 8.46. The maximum Gasteiger partial charge on any atom is 0.248 e. The van der Waals surface area contributed by atoms with Gasteiger partial charge in [0.25, 0.3) is 0 Å². The van der Waals surface area contributed by atoms with Crippen molar-refractivity contribution in [3.63, 3.8) is 0 Å². The number of carbonyl (C=O) groups excluding carboxylic acids is 2. The molecule has 0 aromatic heterocycles. The van der Waals surface area contributed by atoms with Crippen LogP contribution in [0.25, 0.3) is 0 Å². The molecular formula is C21H26N2O4S2. The molecule has 2 atom stereocenters. The third kappa shape index (κ3) is 4.58. The number of Topliss-reactive ketones (excluding diaryl/α,β-unsaturated/α-hetero) is 1. The lowest BCUT2D eigenvalue weighted by molar-refractivity contribution is -0.118. The van der Waals surface area contributed by atoms with Crippen molar-refractivity contribution in [3.05, 3.63) is 29.8 Å². The van der Waals surface area contributed by atoms with Gasteiger partial charge in [-0.05, 0) is 31.4 Å². The van der Waals surface area contributed by atoms with Gasteiger partial charge in [0.05, 0.1) is 17.5 Å². The van der Waals surface area contributed by atoms with Crippen molar-refractivity contribution in [2.45, 2.75) is 56.7 Å². The number of hydrogen-bond donors (Lipinski definition) is 0. The summed E-state index contributed by atoms with van der Waals surface area (Å²) in [7, 11) is -3.12. The highest BCUT2D eigenvalue weighted by Gasteiger charge is 2.49. The van der Waals surface area contributed by atoms with Gasteiger partial charge in [-0.15, -0.1) is 0 Å². The topological polar surface area (TPSA) is 83.9 Å². The summed E-state index contributed by atoms with van der Waals surface area (Å²) in [5.74, 6) is 0.573. The Bertz CT molecular complexity index is 951. The van der Waals surface area contributed by atoms with Crippen LogP contribution in [-0.4, -0.2) is 48.1 Å². The molecule has 1 aliphatic carbocycles. The minimum Gasteiger partial charge on any atom is -0.316 e. The number of thioether (sulfide) groups is 1. The van der Waals surface area contributed by atoms with Gasteiger partial charge in [-0.1, -0.05) is 49.6 Å². The third-order valence-corrected chi connectivity index (χ3v) is 9.27. The van der Waals surface area contributed by atoms with Crippen LogP contribution in [0.15, 0.2) is 29.3 Å². The van der Waals surface area contributed by atoms with Gasteiger partial charge >= 0.3 is 0 Å². The maximum atomic E-state index is 12.6. The lowest BCUT2D eigenvalue weighted by Gasteiger charge is -2.25. The van der Waals surface area contributed by atoms with Crippen LogP contribution in [0.2, 0.25) is 0 Å². The monoisotopic (exact) mass is 434 g/mol. The predicted octanol–water partition coefficient (Wildman–Crippen LogP) is 3.46. The summed E-state index contributed by atoms with van der Waals surface area (Å²) in [4.78, 5) is 30.6. The molecule has 0 unspecified atom stereocenters. The minimum atomic E-state index is -3.12. The Morgan fingerprint density at radius 3 is 2.69 bits per heavy atom. The zero-order valence-electron chi connectivity index (χ0n) is 16.5. The highest BCUT2D eigenvalue weighted by atomic mass is 32.2. The molecule has 6 nitrogen and oxygen atoms in total. The van der Waals surface area contributed by atoms with E-state index in [1.54, 1.807) is 18.2 Å². The molecule has 29 heavy (non-hydrogen) atoms. The highest BCUT2D eigenvalue weighted by molar-refractivity contribution is 8.16. The second-order valence-corrected chi connectivity index (χ2v) is 11.6. The zero-order chi connectivity index (χ0) is 20.6. The fraction of sp³-hybridized carbons (Fsp3) is 0.571. The van der Waals surface area contributed by atoms with E-state index in [0.29, 0.717) is 23.1 Å². The molecule has 4 rings (SSSR count). The number of sulfone groups is 1. The number of hydrogen-bond acceptors (Lipinski definition) is 5. The number of fused-ring (bicyclic) bond motifs is 1. The Hall–Kier alpha value is -1.67. The minimum absolute atomic E-state index is 0.0459. The van der Waals surface area contributed by atoms with Gasteiger partial charge < -0.3 is 4.90 Å². The fourth-order valence-electron chi connectivity index (χ4n) is 4.53. The summed E-state index contributed by atoms with van der Waals surface area (Å²) in [5.41, 5.74) is 1.28. The average Bonchev–Trinajstić information content (AvgIpc) is 3.34. The number of aliphatic imine (C=N–C) groups is 1. The van der Waals surface area contributed by atoms with Crippen molar-refractivity contribution >= 4 is 44.1 Å². The Balaban J connectivity index is 1.59. The van der Waals surface area contributed by atoms with Crippen molar-refractivity contribution in [3.8, 4) is 0 Å². The van der Waals surface area contributed by atoms with Gasteiger partial charge in [0.15, 0.2) is 20.8 Å². The number of ketones is 1. The van der Waals surface area contributed by atoms with Gasteiger partial charge in [-0.3, -0.25) is 9.59 Å². The number of carbonyl (C=O) groups is 2. The number of anilines is 1. The van der Waals surface area contributed by atoms with Gasteiger partial charge in [-0.25, -0.2) is 8.42 Å². The molecule has 1 amide bonds. The van der Waals surface area contributed by atoms with E-state index in [9.17, 15) is 18.0 Å². The standard InChI is InChI=1S/C21H26N2O4S2/c1-14(24)16-7-4-8-17(11-16)23-18-12-29(26,27)13-19(18)28-21(23)22-20(25)10-9-15-5-2-3-6-15/h4,7-8,11,15,18-19H,2-3,5-6,9-10,12-13H2,1H3/t18-,19-/m0/s1. The van der Waals surface area contributed by atoms with E-state index >= 15 is 0 Å². The first kappa shape index (κ1) is 20.6. The summed E-state index contributed by atoms with van der Waals surface area (Å²) >= 11 is 1.38. The Morgan fingerprint density at radius 1 is 1.21 bits per heavy atom. The molecule has 0 spiro atoms. The van der Waals surface area contributed by atoms with E-state index in [1.165, 1.54) is 44.4 Å². The van der Waals surface area contributed by atoms with Gasteiger partial charge in [0.1, 0.15) is 0 Å². The number of nitrogens with zero attached hydrogens (tertiary/aromatic N) is 2. The van der Waals surface area contributed by atoms with E-state index in [2.05, 4.69) is 4.99 Å². The molecule has 2 saturated heterocycles. The maximum absolute atomic E-state index is 12.6. The van der Waals surface area contributed by atoms with Gasteiger partial charge in [0, 0.05) is 22.9 Å².